The maximum absolute atomic E-state index is 12.8. The number of allylic oxidation sites excluding steroid dienone is 12. The molecule has 0 aliphatic carbocycles. The number of quaternary nitrogens is 1. The minimum Gasteiger partial charge on any atom is -0.477 e. The number of esters is 2. The van der Waals surface area contributed by atoms with E-state index in [1.165, 1.54) is 96.3 Å². The van der Waals surface area contributed by atoms with Crippen molar-refractivity contribution in [3.05, 3.63) is 72.9 Å². The van der Waals surface area contributed by atoms with E-state index < -0.39 is 18.1 Å². The van der Waals surface area contributed by atoms with Crippen molar-refractivity contribution in [3.8, 4) is 0 Å². The SMILES string of the molecule is CC/C=C/C=C/C=C/CCCCCCCCCC(=O)OCC(COCCC(C(=O)O)[N+](C)(C)C)OC(=O)CCCCCCCCCCCCCCC/C=C/C/C=C/C/C=C/CC. The van der Waals surface area contributed by atoms with Gasteiger partial charge in [0.1, 0.15) is 6.61 Å². The fraction of sp³-hybridized carbons (Fsp3) is 0.722. The number of carboxylic acid groups (broad SMARTS) is 1. The fourth-order valence-electron chi connectivity index (χ4n) is 7.11. The van der Waals surface area contributed by atoms with Gasteiger partial charge in [0.25, 0.3) is 0 Å². The van der Waals surface area contributed by atoms with Crippen LogP contribution in [-0.4, -0.2) is 80.6 Å². The Kier molecular flexibility index (Phi) is 42.1. The number of ether oxygens (including phenoxy) is 3. The number of aliphatic carboxylic acids is 1. The summed E-state index contributed by atoms with van der Waals surface area (Å²) in [6, 6.07) is -0.619. The summed E-state index contributed by atoms with van der Waals surface area (Å²) < 4.78 is 17.3. The molecule has 356 valence electrons. The maximum Gasteiger partial charge on any atom is 0.362 e. The number of carbonyl (C=O) groups excluding carboxylic acids is 2. The standard InChI is InChI=1S/C54H93NO7/c1-6-8-10-12-14-16-18-20-22-23-24-25-26-27-28-29-31-33-35-37-39-41-43-45-53(57)62-50(48-60-47-46-51(54(58)59)55(3,4)5)49-61-52(56)44-42-40-38-36-34-32-30-21-19-17-15-13-11-9-7-2/h8-11,13-17,19-20,22,50-51H,6-7,12,18,21,23-49H2,1-5H3/p+1/b10-8+,11-9+,15-13+,16-14+,19-17+,22-20+. The van der Waals surface area contributed by atoms with Crippen molar-refractivity contribution in [3.63, 3.8) is 0 Å². The second kappa shape index (κ2) is 44.4. The Morgan fingerprint density at radius 2 is 0.935 bits per heavy atom. The van der Waals surface area contributed by atoms with Crippen molar-refractivity contribution < 1.29 is 38.2 Å². The van der Waals surface area contributed by atoms with Crippen LogP contribution in [0.4, 0.5) is 0 Å². The van der Waals surface area contributed by atoms with E-state index in [1.807, 2.05) is 21.1 Å². The number of carboxylic acids is 1. The molecule has 1 N–H and O–H groups in total. The number of nitrogens with zero attached hydrogens (tertiary/aromatic N) is 1. The van der Waals surface area contributed by atoms with Crippen molar-refractivity contribution in [1.82, 2.24) is 0 Å². The average Bonchev–Trinajstić information content (AvgIpc) is 3.23. The molecule has 0 saturated heterocycles. The van der Waals surface area contributed by atoms with E-state index in [4.69, 9.17) is 14.2 Å². The Bertz CT molecular complexity index is 1240. The summed E-state index contributed by atoms with van der Waals surface area (Å²) in [4.78, 5) is 37.1. The summed E-state index contributed by atoms with van der Waals surface area (Å²) in [6.45, 7) is 4.49. The Balaban J connectivity index is 4.23. The molecule has 0 aromatic heterocycles. The number of hydrogen-bond donors (Lipinski definition) is 1. The molecule has 0 saturated carbocycles. The number of likely N-dealkylation sites (N-methyl/N-ethyl adjacent to an activating group) is 1. The Labute approximate surface area is 381 Å². The molecule has 2 atom stereocenters. The molecule has 0 fully saturated rings. The highest BCUT2D eigenvalue weighted by Crippen LogP contribution is 2.15. The zero-order chi connectivity index (χ0) is 45.6. The average molecular weight is 869 g/mol. The van der Waals surface area contributed by atoms with E-state index in [0.717, 1.165) is 70.6 Å². The van der Waals surface area contributed by atoms with Gasteiger partial charge in [0, 0.05) is 19.3 Å². The molecule has 0 radical (unpaired) electrons. The third-order valence-electron chi connectivity index (χ3n) is 10.9. The first-order chi connectivity index (χ1) is 30.1. The molecule has 0 bridgehead atoms. The highest BCUT2D eigenvalue weighted by molar-refractivity contribution is 5.72. The highest BCUT2D eigenvalue weighted by atomic mass is 16.6. The predicted octanol–water partition coefficient (Wildman–Crippen LogP) is 14.3. The van der Waals surface area contributed by atoms with Gasteiger partial charge in [-0.25, -0.2) is 4.79 Å². The van der Waals surface area contributed by atoms with Crippen LogP contribution in [0.15, 0.2) is 72.9 Å². The van der Waals surface area contributed by atoms with Crippen LogP contribution in [0, 0.1) is 0 Å². The summed E-state index contributed by atoms with van der Waals surface area (Å²) in [5, 5.41) is 9.65. The van der Waals surface area contributed by atoms with Crippen LogP contribution in [-0.2, 0) is 28.6 Å². The monoisotopic (exact) mass is 869 g/mol. The van der Waals surface area contributed by atoms with Crippen LogP contribution in [0.25, 0.3) is 0 Å². The molecule has 0 aromatic carbocycles. The van der Waals surface area contributed by atoms with E-state index >= 15 is 0 Å². The summed E-state index contributed by atoms with van der Waals surface area (Å²) in [5.41, 5.74) is 0. The number of hydrogen-bond acceptors (Lipinski definition) is 6. The molecule has 0 rings (SSSR count). The Hall–Kier alpha value is -3.23. The zero-order valence-corrected chi connectivity index (χ0v) is 40.6. The maximum atomic E-state index is 12.8. The Morgan fingerprint density at radius 3 is 1.44 bits per heavy atom. The summed E-state index contributed by atoms with van der Waals surface area (Å²) >= 11 is 0. The molecule has 8 heteroatoms. The third-order valence-corrected chi connectivity index (χ3v) is 10.9. The van der Waals surface area contributed by atoms with E-state index in [1.54, 1.807) is 0 Å². The number of carbonyl (C=O) groups is 3. The van der Waals surface area contributed by atoms with Gasteiger partial charge in [-0.05, 0) is 64.2 Å². The van der Waals surface area contributed by atoms with Gasteiger partial charge in [0.15, 0.2) is 12.1 Å². The number of unbranched alkanes of at least 4 members (excludes halogenated alkanes) is 20. The van der Waals surface area contributed by atoms with Gasteiger partial charge in [-0.1, -0.05) is 189 Å². The second-order valence-corrected chi connectivity index (χ2v) is 17.7. The van der Waals surface area contributed by atoms with Crippen molar-refractivity contribution in [2.45, 2.75) is 212 Å². The van der Waals surface area contributed by atoms with Crippen molar-refractivity contribution in [2.24, 2.45) is 0 Å². The minimum atomic E-state index is -0.878. The van der Waals surface area contributed by atoms with Crippen LogP contribution >= 0.6 is 0 Å². The minimum absolute atomic E-state index is 0.0546. The molecule has 0 aromatic rings. The summed E-state index contributed by atoms with van der Waals surface area (Å²) in [7, 11) is 5.53. The van der Waals surface area contributed by atoms with Gasteiger partial charge in [-0.3, -0.25) is 9.59 Å². The van der Waals surface area contributed by atoms with Crippen molar-refractivity contribution >= 4 is 17.9 Å². The lowest BCUT2D eigenvalue weighted by Crippen LogP contribution is -2.50. The lowest BCUT2D eigenvalue weighted by atomic mass is 10.0. The molecule has 8 nitrogen and oxygen atoms in total. The van der Waals surface area contributed by atoms with Gasteiger partial charge < -0.3 is 23.8 Å². The zero-order valence-electron chi connectivity index (χ0n) is 40.6. The summed E-state index contributed by atoms with van der Waals surface area (Å²) in [5.74, 6) is -1.48. The van der Waals surface area contributed by atoms with Crippen LogP contribution in [0.2, 0.25) is 0 Å². The molecule has 0 heterocycles. The third kappa shape index (κ3) is 42.1. The smallest absolute Gasteiger partial charge is 0.362 e. The molecule has 0 spiro atoms. The second-order valence-electron chi connectivity index (χ2n) is 17.7. The molecular formula is C54H94NO7+. The van der Waals surface area contributed by atoms with E-state index in [-0.39, 0.29) is 36.2 Å². The molecule has 0 aliphatic heterocycles. The normalized spacial score (nSPS) is 13.5. The van der Waals surface area contributed by atoms with Crippen molar-refractivity contribution in [1.29, 1.82) is 0 Å². The van der Waals surface area contributed by atoms with E-state index in [2.05, 4.69) is 86.8 Å². The first-order valence-electron chi connectivity index (χ1n) is 25.0. The molecule has 0 amide bonds. The summed E-state index contributed by atoms with van der Waals surface area (Å²) in [6.07, 6.45) is 56.6. The first kappa shape index (κ1) is 58.8. The van der Waals surface area contributed by atoms with Crippen LogP contribution in [0.3, 0.4) is 0 Å². The Morgan fingerprint density at radius 1 is 0.500 bits per heavy atom. The lowest BCUT2D eigenvalue weighted by molar-refractivity contribution is -0.887. The topological polar surface area (TPSA) is 99.1 Å². The largest absolute Gasteiger partial charge is 0.477 e. The van der Waals surface area contributed by atoms with Gasteiger partial charge in [0.05, 0.1) is 34.4 Å². The van der Waals surface area contributed by atoms with Gasteiger partial charge in [-0.2, -0.15) is 0 Å². The predicted molar refractivity (Wildman–Crippen MR) is 261 cm³/mol. The van der Waals surface area contributed by atoms with Crippen molar-refractivity contribution in [2.75, 3.05) is 41.0 Å². The van der Waals surface area contributed by atoms with Gasteiger partial charge in [-0.15, -0.1) is 0 Å². The van der Waals surface area contributed by atoms with Crippen LogP contribution in [0.5, 0.6) is 0 Å². The van der Waals surface area contributed by atoms with E-state index in [9.17, 15) is 19.5 Å². The molecule has 0 aliphatic rings. The number of rotatable bonds is 44. The highest BCUT2D eigenvalue weighted by Gasteiger charge is 2.31. The molecular weight excluding hydrogens is 775 g/mol. The first-order valence-corrected chi connectivity index (χ1v) is 25.0. The quantitative estimate of drug-likeness (QED) is 0.0214. The fourth-order valence-corrected chi connectivity index (χ4v) is 7.11. The van der Waals surface area contributed by atoms with Crippen LogP contribution < -0.4 is 0 Å². The van der Waals surface area contributed by atoms with Gasteiger partial charge in [0.2, 0.25) is 0 Å². The molecule has 62 heavy (non-hydrogen) atoms. The lowest BCUT2D eigenvalue weighted by Gasteiger charge is -2.31. The van der Waals surface area contributed by atoms with Gasteiger partial charge >= 0.3 is 17.9 Å². The van der Waals surface area contributed by atoms with Crippen LogP contribution in [0.1, 0.15) is 200 Å². The molecule has 2 unspecified atom stereocenters. The van der Waals surface area contributed by atoms with E-state index in [0.29, 0.717) is 19.3 Å².